The number of carbonyl (C=O) groups excluding carboxylic acids is 1. The average Bonchev–Trinajstić information content (AvgIpc) is 2.55. The van der Waals surface area contributed by atoms with E-state index in [1.54, 1.807) is 18.2 Å². The second-order valence-electron chi connectivity index (χ2n) is 4.10. The fourth-order valence-electron chi connectivity index (χ4n) is 1.76. The molecule has 0 aromatic heterocycles. The second kappa shape index (κ2) is 6.99. The van der Waals surface area contributed by atoms with E-state index in [0.717, 1.165) is 0 Å². The van der Waals surface area contributed by atoms with Crippen molar-refractivity contribution >= 4 is 5.97 Å². The third-order valence-electron chi connectivity index (χ3n) is 2.76. The van der Waals surface area contributed by atoms with Gasteiger partial charge in [0.05, 0.1) is 7.11 Å². The molecule has 0 atom stereocenters. The lowest BCUT2D eigenvalue weighted by molar-refractivity contribution is -0.939. The molecule has 2 aromatic carbocycles. The van der Waals surface area contributed by atoms with Crippen molar-refractivity contribution in [1.82, 2.24) is 0 Å². The molecule has 2 rings (SSSR count). The van der Waals surface area contributed by atoms with E-state index in [4.69, 9.17) is 4.74 Å². The van der Waals surface area contributed by atoms with Crippen LogP contribution in [0.25, 0.3) is 0 Å². The maximum atomic E-state index is 14.4. The topological polar surface area (TPSA) is 35.5 Å². The van der Waals surface area contributed by atoms with Gasteiger partial charge >= 0.3 is 9.90 Å². The molecule has 0 saturated heterocycles. The monoisotopic (exact) mass is 424 g/mol. The van der Waals surface area contributed by atoms with Crippen molar-refractivity contribution in [2.45, 2.75) is 3.93 Å². The van der Waals surface area contributed by atoms with Gasteiger partial charge in [0.15, 0.2) is 7.14 Å². The van der Waals surface area contributed by atoms with Gasteiger partial charge in [0.1, 0.15) is 5.75 Å². The van der Waals surface area contributed by atoms with Crippen LogP contribution in [0.2, 0.25) is 0 Å². The van der Waals surface area contributed by atoms with Gasteiger partial charge in [-0.3, -0.25) is 0 Å². The van der Waals surface area contributed by atoms with Crippen molar-refractivity contribution in [3.05, 3.63) is 61.7 Å². The minimum Gasteiger partial charge on any atom is -0.497 e. The molecule has 0 aliphatic heterocycles. The number of alkyl halides is 3. The lowest BCUT2D eigenvalue weighted by atomic mass is 10.3. The van der Waals surface area contributed by atoms with E-state index in [-0.39, 0.29) is 0 Å². The van der Waals surface area contributed by atoms with Gasteiger partial charge in [0.2, 0.25) is 19.8 Å². The van der Waals surface area contributed by atoms with Crippen LogP contribution >= 0.6 is 0 Å². The average molecular weight is 424 g/mol. The third-order valence-corrected chi connectivity index (χ3v) is 8.48. The highest BCUT2D eigenvalue weighted by Gasteiger charge is 2.63. The van der Waals surface area contributed by atoms with Crippen molar-refractivity contribution in [2.75, 3.05) is 7.11 Å². The molecule has 3 nitrogen and oxygen atoms in total. The Kier molecular flexibility index (Phi) is 5.28. The van der Waals surface area contributed by atoms with Gasteiger partial charge in [-0.2, -0.15) is 0 Å². The van der Waals surface area contributed by atoms with Gasteiger partial charge in [-0.1, -0.05) is 18.2 Å². The first-order valence-electron chi connectivity index (χ1n) is 6.10. The molecule has 2 aromatic rings. The molecule has 0 bridgehead atoms. The fourth-order valence-corrected chi connectivity index (χ4v) is 6.78. The van der Waals surface area contributed by atoms with E-state index in [2.05, 4.69) is 4.94 Å². The zero-order chi connectivity index (χ0) is 16.2. The maximum absolute atomic E-state index is 14.4. The van der Waals surface area contributed by atoms with Gasteiger partial charge in [-0.05, 0) is 36.4 Å². The van der Waals surface area contributed by atoms with E-state index in [1.165, 1.54) is 43.5 Å². The van der Waals surface area contributed by atoms with Crippen molar-refractivity contribution in [3.63, 3.8) is 0 Å². The van der Waals surface area contributed by atoms with E-state index in [0.29, 0.717) is 12.9 Å². The first-order valence-corrected chi connectivity index (χ1v) is 9.34. The van der Waals surface area contributed by atoms with Crippen LogP contribution in [0.4, 0.5) is 13.3 Å². The largest absolute Gasteiger partial charge is 0.512 e. The number of halogens is 4. The number of carbonyl (C=O) groups is 1. The van der Waals surface area contributed by atoms with E-state index < -0.39 is 29.7 Å². The van der Waals surface area contributed by atoms with Crippen molar-refractivity contribution in [3.8, 4) is 5.75 Å². The summed E-state index contributed by atoms with van der Waals surface area (Å²) < 4.78 is 42.5. The summed E-state index contributed by atoms with van der Waals surface area (Å²) in [6.07, 6.45) is 0. The molecular formula is C15H12F3IO3+. The zero-order valence-corrected chi connectivity index (χ0v) is 13.6. The normalized spacial score (nSPS) is 11.3. The Bertz CT molecular complexity index is 632. The van der Waals surface area contributed by atoms with Gasteiger partial charge in [0.25, 0.3) is 0 Å². The molecule has 22 heavy (non-hydrogen) atoms. The summed E-state index contributed by atoms with van der Waals surface area (Å²) in [5.41, 5.74) is 0. The number of benzene rings is 2. The Balaban J connectivity index is 2.52. The Labute approximate surface area is 132 Å². The molecule has 0 heterocycles. The number of hydrogen-bond donors (Lipinski definition) is 0. The molecule has 0 N–H and O–H groups in total. The number of rotatable bonds is 5. The Morgan fingerprint density at radius 1 is 1.00 bits per heavy atom. The van der Waals surface area contributed by atoms with E-state index in [1.807, 2.05) is 0 Å². The zero-order valence-electron chi connectivity index (χ0n) is 11.4. The highest BCUT2D eigenvalue weighted by Crippen LogP contribution is 2.09. The molecule has 117 valence electrons. The van der Waals surface area contributed by atoms with Gasteiger partial charge in [-0.25, -0.2) is 9.74 Å². The van der Waals surface area contributed by atoms with Crippen LogP contribution in [-0.2, 0) is 9.74 Å². The summed E-state index contributed by atoms with van der Waals surface area (Å²) in [7, 11) is 1.46. The lowest BCUT2D eigenvalue weighted by Gasteiger charge is -2.13. The number of ether oxygens (including phenoxy) is 1. The summed E-state index contributed by atoms with van der Waals surface area (Å²) in [6.45, 7) is 0. The quantitative estimate of drug-likeness (QED) is 0.515. The molecule has 0 aliphatic carbocycles. The SMILES string of the molecule is COc1ccc([I+](c2ccccc2)C(F)(F)C(=O)OF)cc1. The van der Waals surface area contributed by atoms with Crippen LogP contribution < -0.4 is 24.6 Å². The molecule has 0 saturated carbocycles. The molecule has 0 unspecified atom stereocenters. The van der Waals surface area contributed by atoms with E-state index >= 15 is 0 Å². The van der Waals surface area contributed by atoms with Gasteiger partial charge in [-0.15, -0.1) is 8.78 Å². The van der Waals surface area contributed by atoms with Crippen LogP contribution in [-0.4, -0.2) is 17.0 Å². The Morgan fingerprint density at radius 2 is 1.55 bits per heavy atom. The van der Waals surface area contributed by atoms with Crippen molar-refractivity contribution < 1.29 is 47.6 Å². The molecule has 0 fully saturated rings. The first kappa shape index (κ1) is 16.6. The van der Waals surface area contributed by atoms with Crippen LogP contribution in [0.1, 0.15) is 0 Å². The minimum atomic E-state index is -3.89. The van der Waals surface area contributed by atoms with Crippen LogP contribution in [0.3, 0.4) is 0 Å². The minimum absolute atomic E-state index is 0.298. The number of methoxy groups -OCH3 is 1. The van der Waals surface area contributed by atoms with Crippen LogP contribution in [0.15, 0.2) is 54.6 Å². The van der Waals surface area contributed by atoms with Gasteiger partial charge in [0, 0.05) is 4.53 Å². The first-order chi connectivity index (χ1) is 10.5. The molecule has 0 aliphatic rings. The van der Waals surface area contributed by atoms with Crippen LogP contribution in [0.5, 0.6) is 5.75 Å². The summed E-state index contributed by atoms with van der Waals surface area (Å²) in [5, 5.41) is 0. The Hall–Kier alpha value is -1.77. The molecule has 1 radical (unpaired) electrons. The number of hydrogen-bond acceptors (Lipinski definition) is 3. The molecular weight excluding hydrogens is 412 g/mol. The summed E-state index contributed by atoms with van der Waals surface area (Å²) in [6, 6.07) is 13.9. The van der Waals surface area contributed by atoms with Crippen LogP contribution in [0, 0.1) is 7.14 Å². The van der Waals surface area contributed by atoms with E-state index in [9.17, 15) is 18.1 Å². The smallest absolute Gasteiger partial charge is 0.497 e. The summed E-state index contributed by atoms with van der Waals surface area (Å²) in [4.78, 5) is 14.0. The molecule has 0 spiro atoms. The fraction of sp³-hybridized carbons (Fsp3) is 0.133. The van der Waals surface area contributed by atoms with Crippen molar-refractivity contribution in [1.29, 1.82) is 0 Å². The maximum Gasteiger partial charge on any atom is 0.512 e. The lowest BCUT2D eigenvalue weighted by Crippen LogP contribution is -3.90. The Morgan fingerprint density at radius 3 is 2.05 bits per heavy atom. The van der Waals surface area contributed by atoms with Gasteiger partial charge < -0.3 is 4.74 Å². The standard InChI is InChI=1S/C15H12F3IO3/c1-21-13-9-7-12(8-10-13)19(11-5-3-2-4-6-11)15(16,17)14(20)22-18/h2-10H,1H3/q+1. The predicted octanol–water partition coefficient (Wildman–Crippen LogP) is 0.380. The molecule has 0 amide bonds. The summed E-state index contributed by atoms with van der Waals surface area (Å²) >= 11 is -3.59. The highest BCUT2D eigenvalue weighted by molar-refractivity contribution is 5.74. The third kappa shape index (κ3) is 3.34. The molecule has 7 heteroatoms. The predicted molar refractivity (Wildman–Crippen MR) is 69.0 cm³/mol. The summed E-state index contributed by atoms with van der Waals surface area (Å²) in [5.74, 6) is -1.65. The highest BCUT2D eigenvalue weighted by atomic mass is 127. The second-order valence-corrected chi connectivity index (χ2v) is 9.56. The van der Waals surface area contributed by atoms with Crippen molar-refractivity contribution in [2.24, 2.45) is 0 Å².